The summed E-state index contributed by atoms with van der Waals surface area (Å²) in [5.41, 5.74) is 2.55. The Kier molecular flexibility index (Phi) is 4.12. The zero-order valence-electron chi connectivity index (χ0n) is 10.8. The zero-order chi connectivity index (χ0) is 13.8. The van der Waals surface area contributed by atoms with Gasteiger partial charge in [0.25, 0.3) is 0 Å². The summed E-state index contributed by atoms with van der Waals surface area (Å²) in [5, 5.41) is 3.35. The molecule has 1 heterocycles. The van der Waals surface area contributed by atoms with E-state index in [0.717, 1.165) is 11.3 Å². The number of carbonyl (C=O) groups is 1. The van der Waals surface area contributed by atoms with Gasteiger partial charge >= 0.3 is 0 Å². The number of H-pyrrole nitrogens is 1. The van der Waals surface area contributed by atoms with E-state index in [4.69, 9.17) is 16.3 Å². The molecule has 2 N–H and O–H groups in total. The number of rotatable bonds is 4. The van der Waals surface area contributed by atoms with Crippen LogP contribution in [0, 0.1) is 6.92 Å². The van der Waals surface area contributed by atoms with E-state index in [2.05, 4.69) is 10.3 Å². The van der Waals surface area contributed by atoms with Crippen LogP contribution in [0.3, 0.4) is 0 Å². The summed E-state index contributed by atoms with van der Waals surface area (Å²) in [6.07, 6.45) is 2.13. The molecule has 1 aromatic heterocycles. The molecule has 19 heavy (non-hydrogen) atoms. The molecule has 1 aromatic carbocycles. The summed E-state index contributed by atoms with van der Waals surface area (Å²) in [6.45, 7) is 1.95. The number of benzene rings is 1. The number of aryl methyl sites for hydroxylation is 1. The number of ether oxygens (including phenoxy) is 1. The van der Waals surface area contributed by atoms with Crippen LogP contribution < -0.4 is 10.1 Å². The second-order valence-corrected chi connectivity index (χ2v) is 4.70. The lowest BCUT2D eigenvalue weighted by Crippen LogP contribution is -2.14. The van der Waals surface area contributed by atoms with Gasteiger partial charge in [0.2, 0.25) is 5.91 Å². The minimum atomic E-state index is -0.112. The van der Waals surface area contributed by atoms with E-state index >= 15 is 0 Å². The molecule has 0 bridgehead atoms. The Morgan fingerprint density at radius 3 is 2.84 bits per heavy atom. The molecule has 2 aromatic rings. The van der Waals surface area contributed by atoms with Gasteiger partial charge in [0, 0.05) is 16.9 Å². The molecule has 0 fully saturated rings. The van der Waals surface area contributed by atoms with E-state index in [1.807, 2.05) is 19.2 Å². The number of carbonyl (C=O) groups excluding carboxylic acids is 1. The molecule has 0 aliphatic rings. The first-order chi connectivity index (χ1) is 9.08. The van der Waals surface area contributed by atoms with E-state index in [9.17, 15) is 4.79 Å². The van der Waals surface area contributed by atoms with Crippen molar-refractivity contribution in [2.75, 3.05) is 12.4 Å². The zero-order valence-corrected chi connectivity index (χ0v) is 11.5. The standard InChI is InChI=1S/C14H15ClN2O2/c1-9-5-10(8-16-9)6-14(18)17-12-7-11(15)3-4-13(12)19-2/h3-5,7-8,16H,6H2,1-2H3,(H,17,18). The van der Waals surface area contributed by atoms with Gasteiger partial charge in [-0.2, -0.15) is 0 Å². The monoisotopic (exact) mass is 278 g/mol. The van der Waals surface area contributed by atoms with E-state index in [0.29, 0.717) is 22.9 Å². The lowest BCUT2D eigenvalue weighted by molar-refractivity contribution is -0.115. The first-order valence-electron chi connectivity index (χ1n) is 5.86. The predicted molar refractivity (Wildman–Crippen MR) is 75.9 cm³/mol. The summed E-state index contributed by atoms with van der Waals surface area (Å²) in [7, 11) is 1.55. The van der Waals surface area contributed by atoms with Crippen LogP contribution in [0.15, 0.2) is 30.5 Å². The number of hydrogen-bond donors (Lipinski definition) is 2. The van der Waals surface area contributed by atoms with Gasteiger partial charge in [0.15, 0.2) is 0 Å². The van der Waals surface area contributed by atoms with Gasteiger partial charge < -0.3 is 15.0 Å². The van der Waals surface area contributed by atoms with Gasteiger partial charge in [-0.3, -0.25) is 4.79 Å². The number of amides is 1. The highest BCUT2D eigenvalue weighted by molar-refractivity contribution is 6.31. The maximum atomic E-state index is 11.9. The number of aromatic amines is 1. The van der Waals surface area contributed by atoms with Gasteiger partial charge in [-0.15, -0.1) is 0 Å². The molecule has 1 amide bonds. The third kappa shape index (κ3) is 3.51. The van der Waals surface area contributed by atoms with Crippen molar-refractivity contribution in [2.24, 2.45) is 0 Å². The Labute approximate surface area is 116 Å². The van der Waals surface area contributed by atoms with E-state index in [-0.39, 0.29) is 5.91 Å². The van der Waals surface area contributed by atoms with Crippen molar-refractivity contribution in [3.8, 4) is 5.75 Å². The highest BCUT2D eigenvalue weighted by Gasteiger charge is 2.09. The van der Waals surface area contributed by atoms with Gasteiger partial charge in [-0.25, -0.2) is 0 Å². The fourth-order valence-corrected chi connectivity index (χ4v) is 2.00. The Balaban J connectivity index is 2.08. The molecular weight excluding hydrogens is 264 g/mol. The van der Waals surface area contributed by atoms with Crippen molar-refractivity contribution < 1.29 is 9.53 Å². The van der Waals surface area contributed by atoms with Crippen LogP contribution in [-0.2, 0) is 11.2 Å². The molecule has 2 rings (SSSR count). The number of aromatic nitrogens is 1. The highest BCUT2D eigenvalue weighted by atomic mass is 35.5. The van der Waals surface area contributed by atoms with Crippen molar-refractivity contribution in [3.63, 3.8) is 0 Å². The van der Waals surface area contributed by atoms with Crippen LogP contribution in [0.2, 0.25) is 5.02 Å². The third-order valence-electron chi connectivity index (χ3n) is 2.69. The Hall–Kier alpha value is -1.94. The van der Waals surface area contributed by atoms with Crippen LogP contribution in [0.4, 0.5) is 5.69 Å². The van der Waals surface area contributed by atoms with Crippen LogP contribution in [0.25, 0.3) is 0 Å². The van der Waals surface area contributed by atoms with Crippen molar-refractivity contribution in [2.45, 2.75) is 13.3 Å². The van der Waals surface area contributed by atoms with Gasteiger partial charge in [-0.1, -0.05) is 11.6 Å². The normalized spacial score (nSPS) is 10.3. The fourth-order valence-electron chi connectivity index (χ4n) is 1.83. The van der Waals surface area contributed by atoms with Crippen LogP contribution in [0.5, 0.6) is 5.75 Å². The first-order valence-corrected chi connectivity index (χ1v) is 6.23. The van der Waals surface area contributed by atoms with Crippen LogP contribution in [-0.4, -0.2) is 18.0 Å². The summed E-state index contributed by atoms with van der Waals surface area (Å²) >= 11 is 5.91. The van der Waals surface area contributed by atoms with Crippen molar-refractivity contribution in [1.29, 1.82) is 0 Å². The summed E-state index contributed by atoms with van der Waals surface area (Å²) < 4.78 is 5.18. The second-order valence-electron chi connectivity index (χ2n) is 4.26. The number of halogens is 1. The maximum absolute atomic E-state index is 11.9. The lowest BCUT2D eigenvalue weighted by Gasteiger charge is -2.10. The number of anilines is 1. The van der Waals surface area contributed by atoms with Gasteiger partial charge in [-0.05, 0) is 36.8 Å². The summed E-state index contributed by atoms with van der Waals surface area (Å²) in [4.78, 5) is 15.0. The van der Waals surface area contributed by atoms with Gasteiger partial charge in [0.1, 0.15) is 5.75 Å². The number of hydrogen-bond acceptors (Lipinski definition) is 2. The van der Waals surface area contributed by atoms with E-state index in [1.54, 1.807) is 25.3 Å². The molecular formula is C14H15ClN2O2. The molecule has 0 aliphatic carbocycles. The second kappa shape index (κ2) is 5.80. The minimum absolute atomic E-state index is 0.112. The lowest BCUT2D eigenvalue weighted by atomic mass is 10.2. The molecule has 0 atom stereocenters. The predicted octanol–water partition coefficient (Wildman–Crippen LogP) is 3.17. The quantitative estimate of drug-likeness (QED) is 0.902. The third-order valence-corrected chi connectivity index (χ3v) is 2.92. The molecule has 0 saturated heterocycles. The topological polar surface area (TPSA) is 54.1 Å². The highest BCUT2D eigenvalue weighted by Crippen LogP contribution is 2.27. The van der Waals surface area contributed by atoms with E-state index in [1.165, 1.54) is 0 Å². The molecule has 4 nitrogen and oxygen atoms in total. The molecule has 5 heteroatoms. The Morgan fingerprint density at radius 1 is 1.42 bits per heavy atom. The fraction of sp³-hybridized carbons (Fsp3) is 0.214. The van der Waals surface area contributed by atoms with Crippen molar-refractivity contribution >= 4 is 23.2 Å². The average Bonchev–Trinajstić information content (AvgIpc) is 2.75. The first kappa shape index (κ1) is 13.5. The molecule has 0 aliphatic heterocycles. The van der Waals surface area contributed by atoms with Crippen molar-refractivity contribution in [1.82, 2.24) is 4.98 Å². The minimum Gasteiger partial charge on any atom is -0.495 e. The average molecular weight is 279 g/mol. The Morgan fingerprint density at radius 2 is 2.21 bits per heavy atom. The molecule has 0 saturated carbocycles. The smallest absolute Gasteiger partial charge is 0.228 e. The molecule has 0 radical (unpaired) electrons. The van der Waals surface area contributed by atoms with Crippen LogP contribution >= 0.6 is 11.6 Å². The summed E-state index contributed by atoms with van der Waals surface area (Å²) in [6, 6.07) is 7.04. The van der Waals surface area contributed by atoms with Gasteiger partial charge in [0.05, 0.1) is 19.2 Å². The molecule has 0 spiro atoms. The Bertz CT molecular complexity index is 593. The number of nitrogens with one attached hydrogen (secondary N) is 2. The molecule has 100 valence electrons. The van der Waals surface area contributed by atoms with Crippen LogP contribution in [0.1, 0.15) is 11.3 Å². The largest absolute Gasteiger partial charge is 0.495 e. The maximum Gasteiger partial charge on any atom is 0.228 e. The number of methoxy groups -OCH3 is 1. The van der Waals surface area contributed by atoms with E-state index < -0.39 is 0 Å². The van der Waals surface area contributed by atoms with Crippen molar-refractivity contribution in [3.05, 3.63) is 46.7 Å². The molecule has 0 unspecified atom stereocenters. The SMILES string of the molecule is COc1ccc(Cl)cc1NC(=O)Cc1c[nH]c(C)c1. The summed E-state index contributed by atoms with van der Waals surface area (Å²) in [5.74, 6) is 0.475.